The number of carbonyl (C=O) groups is 1. The fourth-order valence-corrected chi connectivity index (χ4v) is 0.960. The average molecular weight is 355 g/mol. The number of rotatable bonds is 6. The van der Waals surface area contributed by atoms with Gasteiger partial charge in [-0.3, -0.25) is 4.79 Å². The van der Waals surface area contributed by atoms with Crippen molar-refractivity contribution in [2.45, 2.75) is 41.0 Å². The van der Waals surface area contributed by atoms with Crippen molar-refractivity contribution in [3.63, 3.8) is 0 Å². The van der Waals surface area contributed by atoms with Gasteiger partial charge >= 0.3 is 0 Å². The van der Waals surface area contributed by atoms with Crippen LogP contribution < -0.4 is 12.3 Å². The van der Waals surface area contributed by atoms with Crippen LogP contribution in [0.3, 0.4) is 0 Å². The van der Waals surface area contributed by atoms with Crippen LogP contribution >= 0.6 is 0 Å². The van der Waals surface area contributed by atoms with Crippen molar-refractivity contribution >= 4 is 5.97 Å². The number of carboxylic acids is 1. The lowest BCUT2D eigenvalue weighted by molar-refractivity contribution is -0.134. The van der Waals surface area contributed by atoms with E-state index in [4.69, 9.17) is 30.9 Å². The quantitative estimate of drug-likeness (QED) is 0.595. The van der Waals surface area contributed by atoms with Gasteiger partial charge in [0.15, 0.2) is 0 Å². The lowest BCUT2D eigenvalue weighted by atomic mass is 10.3. The zero-order valence-corrected chi connectivity index (χ0v) is 13.5. The van der Waals surface area contributed by atoms with E-state index in [0.717, 1.165) is 6.92 Å². The second-order valence-corrected chi connectivity index (χ2v) is 3.42. The van der Waals surface area contributed by atoms with Crippen LogP contribution in [0.1, 0.15) is 41.0 Å². The second kappa shape index (κ2) is 42.9. The number of hydrogen-bond donors (Lipinski definition) is 3. The third-order valence-corrected chi connectivity index (χ3v) is 1.71. The summed E-state index contributed by atoms with van der Waals surface area (Å²) in [7, 11) is 0. The molecule has 0 aromatic carbocycles. The summed E-state index contributed by atoms with van der Waals surface area (Å²) >= 11 is 0. The molecular weight excluding hydrogens is 322 g/mol. The molecule has 0 aliphatic heterocycles. The summed E-state index contributed by atoms with van der Waals surface area (Å²) in [5.41, 5.74) is 0. The van der Waals surface area contributed by atoms with Crippen LogP contribution in [-0.2, 0) is 4.79 Å². The van der Waals surface area contributed by atoms with E-state index < -0.39 is 5.97 Å². The first-order chi connectivity index (χ1) is 9.99. The van der Waals surface area contributed by atoms with Gasteiger partial charge in [-0.25, -0.2) is 0 Å². The highest BCUT2D eigenvalue weighted by atomic mass is 16.4. The zero-order valence-electron chi connectivity index (χ0n) is 13.5. The summed E-state index contributed by atoms with van der Waals surface area (Å²) in [6.45, 7) is 6.16. The predicted molar refractivity (Wildman–Crippen MR) is 99.8 cm³/mol. The zero-order chi connectivity index (χ0) is 16.9. The topological polar surface area (TPSA) is 206 Å². The molecule has 0 saturated carbocycles. The molecule has 9 nitrogen and oxygen atoms in total. The Morgan fingerprint density at radius 1 is 0.960 bits per heavy atom. The van der Waals surface area contributed by atoms with Crippen molar-refractivity contribution in [1.82, 2.24) is 17.2 Å². The first kappa shape index (κ1) is 43.1. The van der Waals surface area contributed by atoms with Crippen LogP contribution in [0.2, 0.25) is 0 Å². The molecule has 7 N–H and O–H groups in total. The predicted octanol–water partition coefficient (Wildman–Crippen LogP) is 3.41. The normalized spacial score (nSPS) is 6.16. The smallest absolute Gasteiger partial charge is 0.300 e. The third kappa shape index (κ3) is 75.6. The monoisotopic (exact) mass is 355 g/mol. The van der Waals surface area contributed by atoms with E-state index in [2.05, 4.69) is 6.58 Å². The Morgan fingerprint density at radius 3 is 1.28 bits per heavy atom. The molecule has 0 amide bonds. The van der Waals surface area contributed by atoms with Gasteiger partial charge in [0.1, 0.15) is 0 Å². The molecule has 0 atom stereocenters. The van der Waals surface area contributed by atoms with E-state index in [-0.39, 0.29) is 27.2 Å². The SMILES string of the molecule is C.C.C=CC#N.CC(=O)O.N.N.N#CCCN(CCC#N)CCC#N. The van der Waals surface area contributed by atoms with Crippen LogP contribution in [-0.4, -0.2) is 35.6 Å². The minimum Gasteiger partial charge on any atom is -0.481 e. The van der Waals surface area contributed by atoms with Crippen LogP contribution in [0.5, 0.6) is 0 Å². The molecular formula is C16H33N7O2. The van der Waals surface area contributed by atoms with Gasteiger partial charge < -0.3 is 22.3 Å². The molecule has 0 heterocycles. The summed E-state index contributed by atoms with van der Waals surface area (Å²) < 4.78 is 0. The Kier molecular flexibility index (Phi) is 74.0. The van der Waals surface area contributed by atoms with Crippen LogP contribution in [0.15, 0.2) is 12.7 Å². The molecule has 0 fully saturated rings. The Morgan fingerprint density at radius 2 is 1.16 bits per heavy atom. The van der Waals surface area contributed by atoms with Gasteiger partial charge in [-0.1, -0.05) is 21.4 Å². The number of carboxylic acid groups (broad SMARTS) is 1. The minimum atomic E-state index is -0.833. The van der Waals surface area contributed by atoms with E-state index in [9.17, 15) is 0 Å². The summed E-state index contributed by atoms with van der Waals surface area (Å²) in [6, 6.07) is 7.83. The Labute approximate surface area is 152 Å². The molecule has 0 radical (unpaired) electrons. The summed E-state index contributed by atoms with van der Waals surface area (Å²) in [6.07, 6.45) is 2.55. The highest BCUT2D eigenvalue weighted by molar-refractivity contribution is 5.62. The molecule has 0 aliphatic carbocycles. The lowest BCUT2D eigenvalue weighted by Gasteiger charge is -2.17. The van der Waals surface area contributed by atoms with Gasteiger partial charge in [0.25, 0.3) is 5.97 Å². The Bertz CT molecular complexity index is 393. The van der Waals surface area contributed by atoms with E-state index in [0.29, 0.717) is 38.9 Å². The first-order valence-electron chi connectivity index (χ1n) is 6.03. The van der Waals surface area contributed by atoms with E-state index in [1.807, 2.05) is 23.1 Å². The van der Waals surface area contributed by atoms with Crippen LogP contribution in [0.25, 0.3) is 0 Å². The fraction of sp³-hybridized carbons (Fsp3) is 0.562. The maximum Gasteiger partial charge on any atom is 0.300 e. The van der Waals surface area contributed by atoms with Gasteiger partial charge in [0, 0.05) is 51.9 Å². The maximum absolute atomic E-state index is 9.00. The number of nitriles is 4. The molecule has 0 saturated heterocycles. The molecule has 0 bridgehead atoms. The minimum absolute atomic E-state index is 0. The summed E-state index contributed by atoms with van der Waals surface area (Å²) in [5, 5.41) is 40.0. The van der Waals surface area contributed by atoms with E-state index in [1.165, 1.54) is 6.08 Å². The molecule has 144 valence electrons. The van der Waals surface area contributed by atoms with Crippen molar-refractivity contribution < 1.29 is 9.90 Å². The highest BCUT2D eigenvalue weighted by Crippen LogP contribution is 1.95. The van der Waals surface area contributed by atoms with Crippen molar-refractivity contribution in [3.05, 3.63) is 12.7 Å². The molecule has 0 unspecified atom stereocenters. The fourth-order valence-electron chi connectivity index (χ4n) is 0.960. The second-order valence-electron chi connectivity index (χ2n) is 3.42. The third-order valence-electron chi connectivity index (χ3n) is 1.71. The van der Waals surface area contributed by atoms with Gasteiger partial charge in [0.2, 0.25) is 0 Å². The molecule has 0 aliphatic rings. The molecule has 9 heteroatoms. The van der Waals surface area contributed by atoms with E-state index >= 15 is 0 Å². The van der Waals surface area contributed by atoms with Crippen molar-refractivity contribution in [3.8, 4) is 24.3 Å². The standard InChI is InChI=1S/C9H12N4.C3H3N.C2H4O2.2CH4.2H3N/c10-4-1-7-13(8-2-5-11)9-3-6-12;1-2-3-4;1-2(3)4;;;;/h1-3,7-9H2;2H,1H2;1H3,(H,3,4);2*1H4;2*1H3. The number of nitrogens with zero attached hydrogens (tertiary/aromatic N) is 5. The number of allylic oxidation sites excluding steroid dienone is 1. The Hall–Kier alpha value is -2.95. The number of hydrogen-bond acceptors (Lipinski definition) is 8. The average Bonchev–Trinajstić information content (AvgIpc) is 2.46. The van der Waals surface area contributed by atoms with Crippen molar-refractivity contribution in [1.29, 1.82) is 21.0 Å². The van der Waals surface area contributed by atoms with Gasteiger partial charge in [-0.15, -0.1) is 0 Å². The summed E-state index contributed by atoms with van der Waals surface area (Å²) in [4.78, 5) is 11.0. The summed E-state index contributed by atoms with van der Waals surface area (Å²) in [5.74, 6) is -0.833. The van der Waals surface area contributed by atoms with Gasteiger partial charge in [-0.2, -0.15) is 21.0 Å². The molecule has 0 aromatic heterocycles. The van der Waals surface area contributed by atoms with Crippen LogP contribution in [0.4, 0.5) is 0 Å². The number of aliphatic carboxylic acids is 1. The van der Waals surface area contributed by atoms with Gasteiger partial charge in [0.05, 0.1) is 24.3 Å². The van der Waals surface area contributed by atoms with Crippen molar-refractivity contribution in [2.75, 3.05) is 19.6 Å². The molecule has 0 rings (SSSR count). The molecule has 0 aromatic rings. The maximum atomic E-state index is 9.00. The highest BCUT2D eigenvalue weighted by Gasteiger charge is 2.02. The Balaban J connectivity index is -0.0000000463. The first-order valence-corrected chi connectivity index (χ1v) is 6.03. The van der Waals surface area contributed by atoms with Gasteiger partial charge in [-0.05, 0) is 0 Å². The van der Waals surface area contributed by atoms with E-state index in [1.54, 1.807) is 6.07 Å². The molecule has 25 heavy (non-hydrogen) atoms. The molecule has 0 spiro atoms. The largest absolute Gasteiger partial charge is 0.481 e. The lowest BCUT2D eigenvalue weighted by Crippen LogP contribution is -2.26. The van der Waals surface area contributed by atoms with Crippen LogP contribution in [0, 0.1) is 45.3 Å². The van der Waals surface area contributed by atoms with Crippen molar-refractivity contribution in [2.24, 2.45) is 0 Å².